The van der Waals surface area contributed by atoms with Crippen LogP contribution >= 0.6 is 23.4 Å². The van der Waals surface area contributed by atoms with Gasteiger partial charge in [0.1, 0.15) is 11.0 Å². The molecule has 0 saturated carbocycles. The molecule has 200 valence electrons. The van der Waals surface area contributed by atoms with Gasteiger partial charge in [0.05, 0.1) is 0 Å². The molecule has 0 spiro atoms. The minimum Gasteiger partial charge on any atom is -0.454 e. The van der Waals surface area contributed by atoms with E-state index >= 15 is 0 Å². The summed E-state index contributed by atoms with van der Waals surface area (Å²) < 4.78 is 10.9. The summed E-state index contributed by atoms with van der Waals surface area (Å²) in [4.78, 5) is 28.7. The number of carbonyl (C=O) groups is 1. The third-order valence-corrected chi connectivity index (χ3v) is 7.77. The van der Waals surface area contributed by atoms with Gasteiger partial charge in [-0.15, -0.1) is 0 Å². The van der Waals surface area contributed by atoms with E-state index in [0.717, 1.165) is 55.5 Å². The number of rotatable bonds is 9. The van der Waals surface area contributed by atoms with Crippen LogP contribution in [0.4, 0.5) is 5.82 Å². The molecule has 0 N–H and O–H groups in total. The molecule has 10 heteroatoms. The van der Waals surface area contributed by atoms with Crippen molar-refractivity contribution < 1.29 is 14.3 Å². The average Bonchev–Trinajstić information content (AvgIpc) is 3.40. The van der Waals surface area contributed by atoms with E-state index in [0.29, 0.717) is 34.7 Å². The van der Waals surface area contributed by atoms with Crippen LogP contribution in [0.25, 0.3) is 0 Å². The van der Waals surface area contributed by atoms with Crippen molar-refractivity contribution in [2.75, 3.05) is 51.5 Å². The Balaban J connectivity index is 1.15. The number of benzene rings is 2. The van der Waals surface area contributed by atoms with Gasteiger partial charge in [-0.1, -0.05) is 48.5 Å². The summed E-state index contributed by atoms with van der Waals surface area (Å²) in [5, 5.41) is 1.06. The molecule has 1 saturated heterocycles. The highest BCUT2D eigenvalue weighted by atomic mass is 35.5. The molecular formula is C28H32ClN5O3S. The van der Waals surface area contributed by atoms with Gasteiger partial charge in [-0.25, -0.2) is 9.97 Å². The number of hydrogen-bond acceptors (Lipinski definition) is 8. The van der Waals surface area contributed by atoms with Crippen molar-refractivity contribution in [1.29, 1.82) is 0 Å². The SMILES string of the molecule is CCCN(C)c1cc(Cl)nc(SCc2cccc(C(=O)N3CCN(Cc4ccc5c(c4)OCO5)CC3)c2)n1. The van der Waals surface area contributed by atoms with Crippen molar-refractivity contribution in [1.82, 2.24) is 19.8 Å². The number of ether oxygens (including phenoxy) is 2. The fraction of sp³-hybridized carbons (Fsp3) is 0.393. The number of hydrogen-bond donors (Lipinski definition) is 0. The summed E-state index contributed by atoms with van der Waals surface area (Å²) in [6.07, 6.45) is 1.02. The van der Waals surface area contributed by atoms with Crippen molar-refractivity contribution in [2.45, 2.75) is 30.8 Å². The number of nitrogens with zero attached hydrogens (tertiary/aromatic N) is 5. The molecule has 2 aliphatic heterocycles. The van der Waals surface area contributed by atoms with Gasteiger partial charge in [-0.2, -0.15) is 0 Å². The second-order valence-corrected chi connectivity index (χ2v) is 10.8. The summed E-state index contributed by atoms with van der Waals surface area (Å²) in [7, 11) is 2.00. The largest absolute Gasteiger partial charge is 0.454 e. The first-order valence-corrected chi connectivity index (χ1v) is 14.2. The van der Waals surface area contributed by atoms with E-state index in [-0.39, 0.29) is 12.7 Å². The molecule has 1 aromatic heterocycles. The van der Waals surface area contributed by atoms with Gasteiger partial charge in [-0.05, 0) is 41.8 Å². The Labute approximate surface area is 232 Å². The lowest BCUT2D eigenvalue weighted by Crippen LogP contribution is -2.48. The number of anilines is 1. The Bertz CT molecular complexity index is 1290. The molecule has 0 atom stereocenters. The third kappa shape index (κ3) is 6.51. The molecule has 2 aliphatic rings. The average molecular weight is 554 g/mol. The van der Waals surface area contributed by atoms with Crippen molar-refractivity contribution >= 4 is 35.1 Å². The van der Waals surface area contributed by atoms with Gasteiger partial charge >= 0.3 is 0 Å². The second kappa shape index (κ2) is 12.2. The van der Waals surface area contributed by atoms with Crippen LogP contribution in [0.5, 0.6) is 11.5 Å². The number of aromatic nitrogens is 2. The summed E-state index contributed by atoms with van der Waals surface area (Å²) in [6, 6.07) is 15.7. The minimum absolute atomic E-state index is 0.0714. The summed E-state index contributed by atoms with van der Waals surface area (Å²) in [6.45, 7) is 7.20. The summed E-state index contributed by atoms with van der Waals surface area (Å²) >= 11 is 7.77. The summed E-state index contributed by atoms with van der Waals surface area (Å²) in [5.74, 6) is 3.15. The monoisotopic (exact) mass is 553 g/mol. The molecule has 0 aliphatic carbocycles. The highest BCUT2D eigenvalue weighted by molar-refractivity contribution is 7.98. The van der Waals surface area contributed by atoms with Crippen LogP contribution in [0.1, 0.15) is 34.8 Å². The lowest BCUT2D eigenvalue weighted by molar-refractivity contribution is 0.0628. The molecule has 0 bridgehead atoms. The Morgan fingerprint density at radius 1 is 1.03 bits per heavy atom. The highest BCUT2D eigenvalue weighted by Crippen LogP contribution is 2.33. The Hall–Kier alpha value is -3.01. The number of amides is 1. The van der Waals surface area contributed by atoms with Gasteiger partial charge in [0.15, 0.2) is 16.7 Å². The van der Waals surface area contributed by atoms with E-state index in [9.17, 15) is 4.79 Å². The van der Waals surface area contributed by atoms with Crippen LogP contribution in [-0.2, 0) is 12.3 Å². The predicted molar refractivity (Wildman–Crippen MR) is 150 cm³/mol. The number of fused-ring (bicyclic) bond motifs is 1. The first kappa shape index (κ1) is 26.6. The standard InChI is InChI=1S/C28H32ClN5O3S/c1-3-9-32(2)26-16-25(29)30-28(31-26)38-18-21-5-4-6-22(14-21)27(35)34-12-10-33(11-13-34)17-20-7-8-23-24(15-20)37-19-36-23/h4-8,14-16H,3,9-13,17-19H2,1-2H3. The molecule has 0 unspecified atom stereocenters. The number of halogens is 1. The van der Waals surface area contributed by atoms with Crippen LogP contribution in [-0.4, -0.2) is 72.2 Å². The molecule has 8 nitrogen and oxygen atoms in total. The maximum atomic E-state index is 13.3. The van der Waals surface area contributed by atoms with E-state index in [1.54, 1.807) is 6.07 Å². The van der Waals surface area contributed by atoms with E-state index in [1.165, 1.54) is 17.3 Å². The second-order valence-electron chi connectivity index (χ2n) is 9.50. The molecule has 3 heterocycles. The van der Waals surface area contributed by atoms with Gasteiger partial charge in [0, 0.05) is 63.7 Å². The van der Waals surface area contributed by atoms with Crippen LogP contribution in [0.2, 0.25) is 5.15 Å². The Morgan fingerprint density at radius 3 is 2.66 bits per heavy atom. The Kier molecular flexibility index (Phi) is 8.56. The fourth-order valence-electron chi connectivity index (χ4n) is 4.63. The maximum Gasteiger partial charge on any atom is 0.253 e. The molecule has 1 fully saturated rings. The number of thioether (sulfide) groups is 1. The number of piperazine rings is 1. The van der Waals surface area contributed by atoms with Gasteiger partial charge < -0.3 is 19.3 Å². The lowest BCUT2D eigenvalue weighted by atomic mass is 10.1. The lowest BCUT2D eigenvalue weighted by Gasteiger charge is -2.34. The van der Waals surface area contributed by atoms with E-state index < -0.39 is 0 Å². The van der Waals surface area contributed by atoms with Crippen molar-refractivity contribution in [3.8, 4) is 11.5 Å². The maximum absolute atomic E-state index is 13.3. The molecule has 3 aromatic rings. The molecular weight excluding hydrogens is 522 g/mol. The molecule has 5 rings (SSSR count). The molecule has 2 aromatic carbocycles. The normalized spacial score (nSPS) is 15.1. The summed E-state index contributed by atoms with van der Waals surface area (Å²) in [5.41, 5.74) is 2.95. The van der Waals surface area contributed by atoms with Gasteiger partial charge in [-0.3, -0.25) is 9.69 Å². The van der Waals surface area contributed by atoms with Gasteiger partial charge in [0.2, 0.25) is 6.79 Å². The van der Waals surface area contributed by atoms with Crippen molar-refractivity contribution in [2.24, 2.45) is 0 Å². The highest BCUT2D eigenvalue weighted by Gasteiger charge is 2.23. The van der Waals surface area contributed by atoms with E-state index in [4.69, 9.17) is 21.1 Å². The molecule has 0 radical (unpaired) electrons. The molecule has 1 amide bonds. The van der Waals surface area contributed by atoms with E-state index in [1.807, 2.05) is 48.3 Å². The predicted octanol–water partition coefficient (Wildman–Crippen LogP) is 4.96. The zero-order chi connectivity index (χ0) is 26.5. The van der Waals surface area contributed by atoms with Crippen LogP contribution in [0.15, 0.2) is 53.7 Å². The Morgan fingerprint density at radius 2 is 1.84 bits per heavy atom. The first-order chi connectivity index (χ1) is 18.5. The fourth-order valence-corrected chi connectivity index (χ4v) is 5.65. The smallest absolute Gasteiger partial charge is 0.253 e. The first-order valence-electron chi connectivity index (χ1n) is 12.9. The van der Waals surface area contributed by atoms with E-state index in [2.05, 4.69) is 32.8 Å². The topological polar surface area (TPSA) is 71.0 Å². The van der Waals surface area contributed by atoms with Crippen LogP contribution in [0, 0.1) is 0 Å². The third-order valence-electron chi connectivity index (χ3n) is 6.66. The quantitative estimate of drug-likeness (QED) is 0.209. The molecule has 38 heavy (non-hydrogen) atoms. The van der Waals surface area contributed by atoms with Crippen molar-refractivity contribution in [3.05, 3.63) is 70.4 Å². The minimum atomic E-state index is 0.0714. The van der Waals surface area contributed by atoms with Crippen molar-refractivity contribution in [3.63, 3.8) is 0 Å². The number of carbonyl (C=O) groups excluding carboxylic acids is 1. The zero-order valence-electron chi connectivity index (χ0n) is 21.7. The van der Waals surface area contributed by atoms with Crippen LogP contribution in [0.3, 0.4) is 0 Å². The van der Waals surface area contributed by atoms with Crippen LogP contribution < -0.4 is 14.4 Å². The van der Waals surface area contributed by atoms with Gasteiger partial charge in [0.25, 0.3) is 5.91 Å². The zero-order valence-corrected chi connectivity index (χ0v) is 23.3.